The van der Waals surface area contributed by atoms with Gasteiger partial charge in [-0.25, -0.2) is 4.79 Å². The second-order valence-corrected chi connectivity index (χ2v) is 5.12. The Kier molecular flexibility index (Phi) is 4.82. The van der Waals surface area contributed by atoms with Gasteiger partial charge < -0.3 is 14.6 Å². The van der Waals surface area contributed by atoms with Crippen LogP contribution in [-0.4, -0.2) is 24.1 Å². The molecule has 0 saturated carbocycles. The van der Waals surface area contributed by atoms with Crippen LogP contribution in [0.5, 0.6) is 0 Å². The number of hydrogen-bond donors (Lipinski definition) is 1. The fraction of sp³-hybridized carbons (Fsp3) is 0.267. The minimum atomic E-state index is -0.563. The fourth-order valence-corrected chi connectivity index (χ4v) is 2.18. The van der Waals surface area contributed by atoms with Gasteiger partial charge in [-0.2, -0.15) is 0 Å². The van der Waals surface area contributed by atoms with Crippen molar-refractivity contribution in [1.82, 2.24) is 5.16 Å². The van der Waals surface area contributed by atoms with E-state index in [1.807, 2.05) is 0 Å². The third-order valence-corrected chi connectivity index (χ3v) is 3.50. The molecule has 0 fully saturated rings. The Morgan fingerprint density at radius 2 is 2.09 bits per heavy atom. The summed E-state index contributed by atoms with van der Waals surface area (Å²) in [6, 6.07) is 4.61. The maximum Gasteiger partial charge on any atom is 0.339 e. The maximum absolute atomic E-state index is 12.1. The number of rotatable bonds is 4. The summed E-state index contributed by atoms with van der Waals surface area (Å²) >= 11 is 5.93. The number of carbonyl (C=O) groups is 2. The number of ether oxygens (including phenoxy) is 1. The van der Waals surface area contributed by atoms with Crippen molar-refractivity contribution in [2.45, 2.75) is 20.3 Å². The highest BCUT2D eigenvalue weighted by atomic mass is 35.5. The van der Waals surface area contributed by atoms with Crippen LogP contribution in [0.3, 0.4) is 0 Å². The summed E-state index contributed by atoms with van der Waals surface area (Å²) in [5.74, 6) is -0.196. The molecule has 0 aliphatic rings. The van der Waals surface area contributed by atoms with Crippen LogP contribution in [0.4, 0.5) is 5.69 Å². The highest BCUT2D eigenvalue weighted by molar-refractivity contribution is 6.33. The van der Waals surface area contributed by atoms with Crippen molar-refractivity contribution in [2.24, 2.45) is 0 Å². The molecule has 0 bridgehead atoms. The minimum absolute atomic E-state index is 0.136. The highest BCUT2D eigenvalue weighted by Crippen LogP contribution is 2.22. The van der Waals surface area contributed by atoms with Crippen molar-refractivity contribution in [3.63, 3.8) is 0 Å². The van der Waals surface area contributed by atoms with E-state index in [0.29, 0.717) is 17.1 Å². The molecule has 0 unspecified atom stereocenters. The number of nitrogens with one attached hydrogen (secondary N) is 1. The molecule has 2 rings (SSSR count). The summed E-state index contributed by atoms with van der Waals surface area (Å²) in [7, 11) is 1.27. The highest BCUT2D eigenvalue weighted by Gasteiger charge is 2.15. The first-order valence-electron chi connectivity index (χ1n) is 6.52. The normalized spacial score (nSPS) is 10.4. The number of benzene rings is 1. The quantitative estimate of drug-likeness (QED) is 0.875. The minimum Gasteiger partial charge on any atom is -0.465 e. The van der Waals surface area contributed by atoms with Crippen LogP contribution in [0.15, 0.2) is 22.7 Å². The van der Waals surface area contributed by atoms with Crippen LogP contribution in [0.1, 0.15) is 27.4 Å². The summed E-state index contributed by atoms with van der Waals surface area (Å²) in [5.41, 5.74) is 2.08. The van der Waals surface area contributed by atoms with Crippen molar-refractivity contribution in [3.05, 3.63) is 45.8 Å². The molecule has 0 radical (unpaired) electrons. The second kappa shape index (κ2) is 6.62. The lowest BCUT2D eigenvalue weighted by Gasteiger charge is -2.08. The number of amides is 1. The topological polar surface area (TPSA) is 81.4 Å². The molecule has 7 heteroatoms. The Labute approximate surface area is 132 Å². The Balaban J connectivity index is 2.14. The van der Waals surface area contributed by atoms with Crippen LogP contribution in [0.25, 0.3) is 0 Å². The second-order valence-electron chi connectivity index (χ2n) is 4.71. The van der Waals surface area contributed by atoms with Gasteiger partial charge in [0.05, 0.1) is 29.8 Å². The van der Waals surface area contributed by atoms with E-state index in [4.69, 9.17) is 16.1 Å². The van der Waals surface area contributed by atoms with E-state index in [1.54, 1.807) is 19.9 Å². The number of carbonyl (C=O) groups excluding carboxylic acids is 2. The largest absolute Gasteiger partial charge is 0.465 e. The summed E-state index contributed by atoms with van der Waals surface area (Å²) in [6.45, 7) is 3.52. The Morgan fingerprint density at radius 3 is 2.68 bits per heavy atom. The molecule has 1 N–H and O–H groups in total. The van der Waals surface area contributed by atoms with Gasteiger partial charge in [-0.15, -0.1) is 0 Å². The van der Waals surface area contributed by atoms with Gasteiger partial charge in [-0.05, 0) is 32.0 Å². The molecule has 1 aromatic carbocycles. The first-order chi connectivity index (χ1) is 10.4. The van der Waals surface area contributed by atoms with E-state index in [9.17, 15) is 9.59 Å². The van der Waals surface area contributed by atoms with Crippen LogP contribution in [0, 0.1) is 13.8 Å². The molecular formula is C15H15ClN2O4. The van der Waals surface area contributed by atoms with E-state index in [2.05, 4.69) is 15.2 Å². The van der Waals surface area contributed by atoms with Crippen molar-refractivity contribution in [3.8, 4) is 0 Å². The average Bonchev–Trinajstić information content (AvgIpc) is 2.80. The number of esters is 1. The number of hydrogen-bond acceptors (Lipinski definition) is 5. The van der Waals surface area contributed by atoms with Crippen molar-refractivity contribution < 1.29 is 18.8 Å². The zero-order chi connectivity index (χ0) is 16.3. The fourth-order valence-electron chi connectivity index (χ4n) is 1.99. The lowest BCUT2D eigenvalue weighted by Crippen LogP contribution is -2.15. The van der Waals surface area contributed by atoms with Gasteiger partial charge in [0.25, 0.3) is 0 Å². The first kappa shape index (κ1) is 16.0. The molecule has 0 saturated heterocycles. The molecule has 22 heavy (non-hydrogen) atoms. The van der Waals surface area contributed by atoms with Crippen LogP contribution in [-0.2, 0) is 16.0 Å². The van der Waals surface area contributed by atoms with Gasteiger partial charge in [-0.1, -0.05) is 16.8 Å². The Hall–Kier alpha value is -2.34. The molecule has 0 atom stereocenters. The van der Waals surface area contributed by atoms with E-state index in [-0.39, 0.29) is 22.9 Å². The summed E-state index contributed by atoms with van der Waals surface area (Å²) in [6.07, 6.45) is 0.136. The molecule has 1 aromatic heterocycles. The van der Waals surface area contributed by atoms with Gasteiger partial charge in [0.2, 0.25) is 5.91 Å². The Bertz CT molecular complexity index is 705. The maximum atomic E-state index is 12.1. The van der Waals surface area contributed by atoms with E-state index < -0.39 is 5.97 Å². The zero-order valence-electron chi connectivity index (χ0n) is 12.4. The molecular weight excluding hydrogens is 308 g/mol. The number of methoxy groups -OCH3 is 1. The van der Waals surface area contributed by atoms with Crippen molar-refractivity contribution in [2.75, 3.05) is 12.4 Å². The number of aromatic nitrogens is 1. The smallest absolute Gasteiger partial charge is 0.339 e. The summed E-state index contributed by atoms with van der Waals surface area (Å²) in [5, 5.41) is 6.77. The molecule has 0 spiro atoms. The Morgan fingerprint density at radius 1 is 1.36 bits per heavy atom. The lowest BCUT2D eigenvalue weighted by atomic mass is 10.1. The third kappa shape index (κ3) is 3.46. The molecule has 1 heterocycles. The third-order valence-electron chi connectivity index (χ3n) is 3.17. The standard InChI is InChI=1S/C15H15ClN2O4/c1-8-11(9(2)22-18-8)7-14(19)17-10-4-5-13(16)12(6-10)15(20)21-3/h4-6H,7H2,1-3H3,(H,17,19). The van der Waals surface area contributed by atoms with Crippen LogP contribution < -0.4 is 5.32 Å². The van der Waals surface area contributed by atoms with E-state index in [0.717, 1.165) is 5.56 Å². The van der Waals surface area contributed by atoms with Gasteiger partial charge in [0.15, 0.2) is 0 Å². The number of aryl methyl sites for hydroxylation is 2. The van der Waals surface area contributed by atoms with Gasteiger partial charge in [0.1, 0.15) is 5.76 Å². The van der Waals surface area contributed by atoms with Gasteiger partial charge >= 0.3 is 5.97 Å². The molecule has 6 nitrogen and oxygen atoms in total. The summed E-state index contributed by atoms with van der Waals surface area (Å²) in [4.78, 5) is 23.7. The molecule has 116 valence electrons. The van der Waals surface area contributed by atoms with Crippen LogP contribution >= 0.6 is 11.6 Å². The van der Waals surface area contributed by atoms with Gasteiger partial charge in [-0.3, -0.25) is 4.79 Å². The van der Waals surface area contributed by atoms with Crippen LogP contribution in [0.2, 0.25) is 5.02 Å². The van der Waals surface area contributed by atoms with Gasteiger partial charge in [0, 0.05) is 11.3 Å². The van der Waals surface area contributed by atoms with E-state index >= 15 is 0 Å². The molecule has 2 aromatic rings. The first-order valence-corrected chi connectivity index (χ1v) is 6.89. The SMILES string of the molecule is COC(=O)c1cc(NC(=O)Cc2c(C)noc2C)ccc1Cl. The number of anilines is 1. The lowest BCUT2D eigenvalue weighted by molar-refractivity contribution is -0.115. The summed E-state index contributed by atoms with van der Waals surface area (Å²) < 4.78 is 9.66. The monoisotopic (exact) mass is 322 g/mol. The van der Waals surface area contributed by atoms with Crippen molar-refractivity contribution >= 4 is 29.2 Å². The molecule has 0 aliphatic carbocycles. The average molecular weight is 323 g/mol. The zero-order valence-corrected chi connectivity index (χ0v) is 13.2. The van der Waals surface area contributed by atoms with Crippen molar-refractivity contribution in [1.29, 1.82) is 0 Å². The molecule has 0 aliphatic heterocycles. The predicted octanol–water partition coefficient (Wildman–Crippen LogP) is 2.91. The predicted molar refractivity (Wildman–Crippen MR) is 81.1 cm³/mol. The van der Waals surface area contributed by atoms with E-state index in [1.165, 1.54) is 19.2 Å². The molecule has 1 amide bonds. The number of halogens is 1. The number of nitrogens with zero attached hydrogens (tertiary/aromatic N) is 1.